The van der Waals surface area contributed by atoms with Gasteiger partial charge in [0, 0.05) is 31.5 Å². The molecule has 0 aliphatic rings. The van der Waals surface area contributed by atoms with Crippen molar-refractivity contribution in [3.05, 3.63) is 70.8 Å². The van der Waals surface area contributed by atoms with Gasteiger partial charge < -0.3 is 4.90 Å². The van der Waals surface area contributed by atoms with Crippen molar-refractivity contribution >= 4 is 17.2 Å². The van der Waals surface area contributed by atoms with Crippen LogP contribution in [0.2, 0.25) is 0 Å². The zero-order chi connectivity index (χ0) is 16.1. The van der Waals surface area contributed by atoms with Crippen LogP contribution in [0.3, 0.4) is 0 Å². The second-order valence-corrected chi connectivity index (χ2v) is 6.08. The molecule has 2 heterocycles. The van der Waals surface area contributed by atoms with Crippen LogP contribution in [0.5, 0.6) is 0 Å². The van der Waals surface area contributed by atoms with E-state index in [9.17, 15) is 4.79 Å². The summed E-state index contributed by atoms with van der Waals surface area (Å²) in [4.78, 5) is 23.5. The summed E-state index contributed by atoms with van der Waals surface area (Å²) >= 11 is 1.39. The molecule has 0 bridgehead atoms. The molecule has 0 atom stereocenters. The Labute approximate surface area is 139 Å². The van der Waals surface area contributed by atoms with Crippen LogP contribution in [-0.2, 0) is 6.42 Å². The van der Waals surface area contributed by atoms with Crippen molar-refractivity contribution in [2.24, 2.45) is 0 Å². The van der Waals surface area contributed by atoms with Crippen LogP contribution in [-0.4, -0.2) is 34.4 Å². The standard InChI is InChI=1S/C18H17N3OS/c1-21(12-9-14-7-10-19-11-8-14)18(22)17-16(20-13-23-17)15-5-3-2-4-6-15/h2-8,10-11,13H,9,12H2,1H3. The van der Waals surface area contributed by atoms with Gasteiger partial charge in [0.25, 0.3) is 5.91 Å². The summed E-state index contributed by atoms with van der Waals surface area (Å²) in [6, 6.07) is 13.8. The minimum absolute atomic E-state index is 0.0143. The van der Waals surface area contributed by atoms with E-state index in [-0.39, 0.29) is 5.91 Å². The lowest BCUT2D eigenvalue weighted by Gasteiger charge is -2.17. The van der Waals surface area contributed by atoms with E-state index in [0.29, 0.717) is 11.4 Å². The Bertz CT molecular complexity index is 771. The molecule has 1 aromatic carbocycles. The van der Waals surface area contributed by atoms with Gasteiger partial charge >= 0.3 is 0 Å². The number of benzene rings is 1. The van der Waals surface area contributed by atoms with E-state index in [1.165, 1.54) is 16.9 Å². The van der Waals surface area contributed by atoms with E-state index >= 15 is 0 Å². The molecule has 0 saturated carbocycles. The Morgan fingerprint density at radius 2 is 1.87 bits per heavy atom. The van der Waals surface area contributed by atoms with E-state index in [1.54, 1.807) is 22.8 Å². The van der Waals surface area contributed by atoms with Crippen molar-refractivity contribution in [3.8, 4) is 11.3 Å². The number of rotatable bonds is 5. The molecular weight excluding hydrogens is 306 g/mol. The lowest BCUT2D eigenvalue weighted by atomic mass is 10.1. The number of thiazole rings is 1. The molecule has 1 amide bonds. The van der Waals surface area contributed by atoms with Gasteiger partial charge in [-0.2, -0.15) is 0 Å². The van der Waals surface area contributed by atoms with Crippen LogP contribution < -0.4 is 0 Å². The van der Waals surface area contributed by atoms with Crippen LogP contribution in [0.4, 0.5) is 0 Å². The van der Waals surface area contributed by atoms with Crippen molar-refractivity contribution in [3.63, 3.8) is 0 Å². The SMILES string of the molecule is CN(CCc1ccncc1)C(=O)c1scnc1-c1ccccc1. The largest absolute Gasteiger partial charge is 0.341 e. The molecule has 0 fully saturated rings. The van der Waals surface area contributed by atoms with Crippen molar-refractivity contribution in [1.82, 2.24) is 14.9 Å². The molecule has 5 heteroatoms. The van der Waals surface area contributed by atoms with Gasteiger partial charge in [-0.25, -0.2) is 4.98 Å². The van der Waals surface area contributed by atoms with Gasteiger partial charge in [0.1, 0.15) is 4.88 Å². The van der Waals surface area contributed by atoms with Crippen molar-refractivity contribution in [2.45, 2.75) is 6.42 Å². The number of likely N-dealkylation sites (N-methyl/N-ethyl adjacent to an activating group) is 1. The first-order valence-electron chi connectivity index (χ1n) is 7.39. The highest BCUT2D eigenvalue weighted by Crippen LogP contribution is 2.26. The minimum atomic E-state index is 0.0143. The first-order valence-corrected chi connectivity index (χ1v) is 8.27. The fourth-order valence-corrected chi connectivity index (χ4v) is 3.12. The Hall–Kier alpha value is -2.53. The van der Waals surface area contributed by atoms with Crippen LogP contribution in [0, 0.1) is 0 Å². The molecule has 0 saturated heterocycles. The molecule has 0 aliphatic carbocycles. The first-order chi connectivity index (χ1) is 11.3. The van der Waals surface area contributed by atoms with E-state index in [1.807, 2.05) is 49.5 Å². The topological polar surface area (TPSA) is 46.1 Å². The fourth-order valence-electron chi connectivity index (χ4n) is 2.32. The molecule has 2 aromatic heterocycles. The number of hydrogen-bond acceptors (Lipinski definition) is 4. The monoisotopic (exact) mass is 323 g/mol. The Morgan fingerprint density at radius 1 is 1.13 bits per heavy atom. The summed E-state index contributed by atoms with van der Waals surface area (Å²) in [6.07, 6.45) is 4.35. The zero-order valence-electron chi connectivity index (χ0n) is 12.8. The Balaban J connectivity index is 1.72. The molecule has 23 heavy (non-hydrogen) atoms. The molecular formula is C18H17N3OS. The molecule has 3 rings (SSSR count). The fraction of sp³-hybridized carbons (Fsp3) is 0.167. The maximum atomic E-state index is 12.7. The summed E-state index contributed by atoms with van der Waals surface area (Å²) < 4.78 is 0. The lowest BCUT2D eigenvalue weighted by molar-refractivity contribution is 0.0802. The molecule has 4 nitrogen and oxygen atoms in total. The average Bonchev–Trinajstić information content (AvgIpc) is 3.10. The lowest BCUT2D eigenvalue weighted by Crippen LogP contribution is -2.28. The van der Waals surface area contributed by atoms with Gasteiger partial charge in [-0.05, 0) is 24.1 Å². The van der Waals surface area contributed by atoms with Crippen LogP contribution in [0.1, 0.15) is 15.2 Å². The molecule has 116 valence electrons. The van der Waals surface area contributed by atoms with Crippen LogP contribution in [0.25, 0.3) is 11.3 Å². The molecule has 3 aromatic rings. The van der Waals surface area contributed by atoms with E-state index in [2.05, 4.69) is 9.97 Å². The number of carbonyl (C=O) groups excluding carboxylic acids is 1. The summed E-state index contributed by atoms with van der Waals surface area (Å²) in [5, 5.41) is 0. The predicted molar refractivity (Wildman–Crippen MR) is 92.5 cm³/mol. The van der Waals surface area contributed by atoms with E-state index in [0.717, 1.165) is 17.7 Å². The molecule has 0 unspecified atom stereocenters. The molecule has 0 N–H and O–H groups in total. The third-order valence-electron chi connectivity index (χ3n) is 3.64. The summed E-state index contributed by atoms with van der Waals surface area (Å²) in [6.45, 7) is 0.662. The molecule has 0 aliphatic heterocycles. The number of nitrogens with zero attached hydrogens (tertiary/aromatic N) is 3. The Morgan fingerprint density at radius 3 is 2.61 bits per heavy atom. The number of pyridine rings is 1. The smallest absolute Gasteiger partial charge is 0.265 e. The molecule has 0 radical (unpaired) electrons. The van der Waals surface area contributed by atoms with Gasteiger partial charge in [0.05, 0.1) is 11.2 Å². The highest BCUT2D eigenvalue weighted by molar-refractivity contribution is 7.12. The predicted octanol–water partition coefficient (Wildman–Crippen LogP) is 3.52. The van der Waals surface area contributed by atoms with E-state index < -0.39 is 0 Å². The van der Waals surface area contributed by atoms with Gasteiger partial charge in [0.2, 0.25) is 0 Å². The summed E-state index contributed by atoms with van der Waals surface area (Å²) in [5.74, 6) is 0.0143. The highest BCUT2D eigenvalue weighted by atomic mass is 32.1. The number of carbonyl (C=O) groups is 1. The molecule has 0 spiro atoms. The van der Waals surface area contributed by atoms with Gasteiger partial charge in [-0.15, -0.1) is 11.3 Å². The average molecular weight is 323 g/mol. The van der Waals surface area contributed by atoms with Crippen molar-refractivity contribution in [2.75, 3.05) is 13.6 Å². The normalized spacial score (nSPS) is 10.5. The summed E-state index contributed by atoms with van der Waals surface area (Å²) in [7, 11) is 1.83. The third kappa shape index (κ3) is 3.63. The number of hydrogen-bond donors (Lipinski definition) is 0. The van der Waals surface area contributed by atoms with Crippen LogP contribution >= 0.6 is 11.3 Å². The summed E-state index contributed by atoms with van der Waals surface area (Å²) in [5.41, 5.74) is 4.63. The Kier molecular flexibility index (Phi) is 4.78. The van der Waals surface area contributed by atoms with Gasteiger partial charge in [-0.1, -0.05) is 30.3 Å². The maximum Gasteiger partial charge on any atom is 0.265 e. The zero-order valence-corrected chi connectivity index (χ0v) is 13.7. The van der Waals surface area contributed by atoms with Crippen molar-refractivity contribution < 1.29 is 4.79 Å². The minimum Gasteiger partial charge on any atom is -0.341 e. The second-order valence-electron chi connectivity index (χ2n) is 5.23. The van der Waals surface area contributed by atoms with Crippen LogP contribution in [0.15, 0.2) is 60.4 Å². The number of amides is 1. The highest BCUT2D eigenvalue weighted by Gasteiger charge is 2.19. The maximum absolute atomic E-state index is 12.7. The van der Waals surface area contributed by atoms with E-state index in [4.69, 9.17) is 0 Å². The third-order valence-corrected chi connectivity index (χ3v) is 4.46. The second kappa shape index (κ2) is 7.15. The van der Waals surface area contributed by atoms with Gasteiger partial charge in [0.15, 0.2) is 0 Å². The van der Waals surface area contributed by atoms with Gasteiger partial charge in [-0.3, -0.25) is 9.78 Å². The first kappa shape index (κ1) is 15.4. The number of aromatic nitrogens is 2. The van der Waals surface area contributed by atoms with Crippen molar-refractivity contribution in [1.29, 1.82) is 0 Å². The quantitative estimate of drug-likeness (QED) is 0.722.